The first-order valence-electron chi connectivity index (χ1n) is 10.9. The number of carbonyl (C=O) groups is 1. The topological polar surface area (TPSA) is 69.3 Å². The largest absolute Gasteiger partial charge is 0.486 e. The first-order chi connectivity index (χ1) is 16.0. The second kappa shape index (κ2) is 10.4. The molecule has 0 saturated heterocycles. The first kappa shape index (κ1) is 22.7. The van der Waals surface area contributed by atoms with Crippen LogP contribution < -0.4 is 10.1 Å². The summed E-state index contributed by atoms with van der Waals surface area (Å²) in [4.78, 5) is 12.6. The van der Waals surface area contributed by atoms with Gasteiger partial charge in [0.1, 0.15) is 23.1 Å². The highest BCUT2D eigenvalue weighted by molar-refractivity contribution is 6.33. The van der Waals surface area contributed by atoms with Gasteiger partial charge >= 0.3 is 0 Å². The molecule has 2 aromatic heterocycles. The van der Waals surface area contributed by atoms with Crippen LogP contribution in [-0.2, 0) is 13.2 Å². The van der Waals surface area contributed by atoms with Crippen LogP contribution in [0.15, 0.2) is 77.3 Å². The summed E-state index contributed by atoms with van der Waals surface area (Å²) in [6.07, 6.45) is 2.77. The van der Waals surface area contributed by atoms with E-state index < -0.39 is 5.91 Å². The quantitative estimate of drug-likeness (QED) is 0.306. The van der Waals surface area contributed by atoms with Gasteiger partial charge in [0.2, 0.25) is 0 Å². The summed E-state index contributed by atoms with van der Waals surface area (Å²) < 4.78 is 13.1. The Hall–Kier alpha value is -3.51. The van der Waals surface area contributed by atoms with Gasteiger partial charge in [-0.25, -0.2) is 0 Å². The molecule has 0 aliphatic carbocycles. The lowest BCUT2D eigenvalue weighted by molar-refractivity contribution is 0.0992. The molecule has 170 valence electrons. The summed E-state index contributed by atoms with van der Waals surface area (Å²) in [7, 11) is 0. The molecule has 1 unspecified atom stereocenters. The molecule has 33 heavy (non-hydrogen) atoms. The molecule has 4 rings (SSSR count). The fourth-order valence-corrected chi connectivity index (χ4v) is 3.56. The van der Waals surface area contributed by atoms with Crippen LogP contribution in [0, 0.1) is 0 Å². The van der Waals surface area contributed by atoms with Crippen LogP contribution in [0.2, 0.25) is 5.02 Å². The van der Waals surface area contributed by atoms with E-state index in [1.807, 2.05) is 42.5 Å². The maximum Gasteiger partial charge on any atom is 0.292 e. The summed E-state index contributed by atoms with van der Waals surface area (Å²) in [5.41, 5.74) is 2.37. The highest BCUT2D eigenvalue weighted by Crippen LogP contribution is 2.23. The Morgan fingerprint density at radius 3 is 2.61 bits per heavy atom. The minimum atomic E-state index is -0.425. The number of aromatic nitrogens is 2. The van der Waals surface area contributed by atoms with Crippen LogP contribution in [0.25, 0.3) is 0 Å². The molecular weight excluding hydrogens is 438 g/mol. The number of benzene rings is 2. The van der Waals surface area contributed by atoms with Crippen LogP contribution in [0.4, 0.5) is 5.82 Å². The Bertz CT molecular complexity index is 1200. The highest BCUT2D eigenvalue weighted by Gasteiger charge is 2.16. The molecule has 0 saturated carbocycles. The number of furan rings is 1. The van der Waals surface area contributed by atoms with Crippen molar-refractivity contribution >= 4 is 23.3 Å². The number of amides is 1. The van der Waals surface area contributed by atoms with Gasteiger partial charge in [0.05, 0.1) is 6.54 Å². The molecule has 1 amide bonds. The lowest BCUT2D eigenvalue weighted by Gasteiger charge is -2.10. The Morgan fingerprint density at radius 1 is 1.12 bits per heavy atom. The molecule has 6 nitrogen and oxygen atoms in total. The van der Waals surface area contributed by atoms with Gasteiger partial charge in [-0.15, -0.1) is 0 Å². The summed E-state index contributed by atoms with van der Waals surface area (Å²) in [5.74, 6) is 1.84. The number of hydrogen-bond donors (Lipinski definition) is 1. The van der Waals surface area contributed by atoms with Crippen molar-refractivity contribution in [2.24, 2.45) is 0 Å². The van der Waals surface area contributed by atoms with Crippen molar-refractivity contribution < 1.29 is 13.9 Å². The van der Waals surface area contributed by atoms with Crippen molar-refractivity contribution in [1.82, 2.24) is 9.78 Å². The number of nitrogens with one attached hydrogen (secondary N) is 1. The summed E-state index contributed by atoms with van der Waals surface area (Å²) in [6, 6.07) is 21.3. The lowest BCUT2D eigenvalue weighted by Crippen LogP contribution is -2.12. The maximum atomic E-state index is 12.6. The number of hydrogen-bond acceptors (Lipinski definition) is 4. The minimum absolute atomic E-state index is 0.161. The highest BCUT2D eigenvalue weighted by atomic mass is 35.5. The van der Waals surface area contributed by atoms with E-state index >= 15 is 0 Å². The molecule has 2 heterocycles. The van der Waals surface area contributed by atoms with E-state index in [1.54, 1.807) is 23.0 Å². The second-order valence-electron chi connectivity index (χ2n) is 7.90. The fourth-order valence-electron chi connectivity index (χ4n) is 3.36. The van der Waals surface area contributed by atoms with Crippen molar-refractivity contribution in [1.29, 1.82) is 0 Å². The van der Waals surface area contributed by atoms with E-state index in [2.05, 4.69) is 36.4 Å². The van der Waals surface area contributed by atoms with E-state index in [0.717, 1.165) is 17.7 Å². The lowest BCUT2D eigenvalue weighted by atomic mass is 9.99. The maximum absolute atomic E-state index is 12.6. The molecule has 0 radical (unpaired) electrons. The fraction of sp³-hybridized carbons (Fsp3) is 0.231. The van der Waals surface area contributed by atoms with Gasteiger partial charge in [-0.05, 0) is 47.7 Å². The number of ether oxygens (including phenoxy) is 1. The van der Waals surface area contributed by atoms with Crippen molar-refractivity contribution in [2.75, 3.05) is 5.32 Å². The van der Waals surface area contributed by atoms with Gasteiger partial charge in [-0.1, -0.05) is 67.9 Å². The van der Waals surface area contributed by atoms with E-state index in [1.165, 1.54) is 5.56 Å². The summed E-state index contributed by atoms with van der Waals surface area (Å²) >= 11 is 6.26. The molecule has 0 bridgehead atoms. The SMILES string of the molecule is CCC(C)c1ccc(OCc2ccc(C(=O)Nc3nn(Cc4ccccc4)cc3Cl)o2)cc1. The molecule has 0 spiro atoms. The van der Waals surface area contributed by atoms with Crippen LogP contribution in [0.3, 0.4) is 0 Å². The second-order valence-corrected chi connectivity index (χ2v) is 8.30. The van der Waals surface area contributed by atoms with Crippen LogP contribution >= 0.6 is 11.6 Å². The minimum Gasteiger partial charge on any atom is -0.486 e. The Kier molecular flexibility index (Phi) is 7.15. The first-order valence-corrected chi connectivity index (χ1v) is 11.3. The summed E-state index contributed by atoms with van der Waals surface area (Å²) in [6.45, 7) is 5.15. The number of nitrogens with zero attached hydrogens (tertiary/aromatic N) is 2. The molecule has 4 aromatic rings. The predicted octanol–water partition coefficient (Wildman–Crippen LogP) is 6.52. The molecule has 1 atom stereocenters. The van der Waals surface area contributed by atoms with Gasteiger partial charge < -0.3 is 14.5 Å². The van der Waals surface area contributed by atoms with Crippen LogP contribution in [0.1, 0.15) is 53.6 Å². The third kappa shape index (κ3) is 5.84. The molecule has 2 aromatic carbocycles. The monoisotopic (exact) mass is 463 g/mol. The van der Waals surface area contributed by atoms with E-state index in [-0.39, 0.29) is 18.2 Å². The van der Waals surface area contributed by atoms with E-state index in [9.17, 15) is 4.79 Å². The van der Waals surface area contributed by atoms with Crippen molar-refractivity contribution in [2.45, 2.75) is 39.3 Å². The average molecular weight is 464 g/mol. The Labute approximate surface area is 198 Å². The van der Waals surface area contributed by atoms with Crippen LogP contribution in [-0.4, -0.2) is 15.7 Å². The van der Waals surface area contributed by atoms with E-state index in [0.29, 0.717) is 23.2 Å². The third-order valence-electron chi connectivity index (χ3n) is 5.46. The molecule has 7 heteroatoms. The van der Waals surface area contributed by atoms with Crippen molar-refractivity contribution in [3.05, 3.63) is 101 Å². The zero-order valence-corrected chi connectivity index (χ0v) is 19.4. The van der Waals surface area contributed by atoms with Gasteiger partial charge in [0, 0.05) is 6.20 Å². The zero-order valence-electron chi connectivity index (χ0n) is 18.6. The standard InChI is InChI=1S/C26H26ClN3O3/c1-3-18(2)20-9-11-21(12-10-20)32-17-22-13-14-24(33-22)26(31)28-25-23(27)16-30(29-25)15-19-7-5-4-6-8-19/h4-14,16,18H,3,15,17H2,1-2H3,(H,28,29,31). The normalized spacial score (nSPS) is 11.8. The predicted molar refractivity (Wildman–Crippen MR) is 129 cm³/mol. The molecular formula is C26H26ClN3O3. The molecule has 0 fully saturated rings. The Morgan fingerprint density at radius 2 is 1.88 bits per heavy atom. The number of halogens is 1. The van der Waals surface area contributed by atoms with Crippen molar-refractivity contribution in [3.63, 3.8) is 0 Å². The van der Waals surface area contributed by atoms with Crippen molar-refractivity contribution in [3.8, 4) is 5.75 Å². The third-order valence-corrected chi connectivity index (χ3v) is 5.74. The number of rotatable bonds is 9. The van der Waals surface area contributed by atoms with Gasteiger partial charge in [-0.2, -0.15) is 5.10 Å². The molecule has 1 N–H and O–H groups in total. The van der Waals surface area contributed by atoms with Crippen LogP contribution in [0.5, 0.6) is 5.75 Å². The molecule has 0 aliphatic heterocycles. The summed E-state index contributed by atoms with van der Waals surface area (Å²) in [5, 5.41) is 7.43. The zero-order chi connectivity index (χ0) is 23.2. The van der Waals surface area contributed by atoms with Gasteiger partial charge in [0.15, 0.2) is 11.6 Å². The number of carbonyl (C=O) groups excluding carboxylic acids is 1. The Balaban J connectivity index is 1.33. The average Bonchev–Trinajstić information content (AvgIpc) is 3.45. The van der Waals surface area contributed by atoms with Gasteiger partial charge in [-0.3, -0.25) is 9.48 Å². The van der Waals surface area contributed by atoms with E-state index in [4.69, 9.17) is 20.8 Å². The smallest absolute Gasteiger partial charge is 0.292 e. The molecule has 0 aliphatic rings. The number of anilines is 1. The van der Waals surface area contributed by atoms with Gasteiger partial charge in [0.25, 0.3) is 5.91 Å².